The summed E-state index contributed by atoms with van der Waals surface area (Å²) < 4.78 is 21.9. The molecule has 0 saturated heterocycles. The topological polar surface area (TPSA) is 114 Å². The third-order valence-electron chi connectivity index (χ3n) is 1.22. The van der Waals surface area contributed by atoms with Crippen LogP contribution >= 0.6 is 0 Å². The lowest BCUT2D eigenvalue weighted by Gasteiger charge is -2.02. The molecule has 0 fully saturated rings. The van der Waals surface area contributed by atoms with E-state index in [-0.39, 0.29) is 27.8 Å². The summed E-state index contributed by atoms with van der Waals surface area (Å²) in [5, 5.41) is 0. The lowest BCUT2D eigenvalue weighted by atomic mass is 10.8. The van der Waals surface area contributed by atoms with Gasteiger partial charge in [-0.05, 0) is 0 Å². The highest BCUT2D eigenvalue weighted by atomic mass is 16.8. The maximum absolute atomic E-state index is 10.1. The van der Waals surface area contributed by atoms with Crippen LogP contribution in [0.2, 0.25) is 0 Å². The molecular weight excluding hydrogens is 288 g/mol. The molecule has 21 heavy (non-hydrogen) atoms. The van der Waals surface area contributed by atoms with Gasteiger partial charge in [-0.2, -0.15) is 0 Å². The van der Waals surface area contributed by atoms with Crippen LogP contribution in [-0.4, -0.2) is 44.3 Å². The Bertz CT molecular complexity index is 295. The van der Waals surface area contributed by atoms with Crippen molar-refractivity contribution in [3.63, 3.8) is 0 Å². The lowest BCUT2D eigenvalue weighted by Crippen LogP contribution is -2.09. The van der Waals surface area contributed by atoms with Crippen molar-refractivity contribution in [1.29, 1.82) is 0 Å². The molecule has 0 rings (SSSR count). The molecule has 0 aromatic rings. The smallest absolute Gasteiger partial charge is 0.305 e. The molecule has 0 N–H and O–H groups in total. The molecule has 0 aromatic carbocycles. The van der Waals surface area contributed by atoms with Gasteiger partial charge in [0.05, 0.1) is 0 Å². The number of hydrogen-bond donors (Lipinski definition) is 0. The third-order valence-corrected chi connectivity index (χ3v) is 1.22. The van der Waals surface area contributed by atoms with Gasteiger partial charge in [0.15, 0.2) is 13.6 Å². The van der Waals surface area contributed by atoms with Crippen LogP contribution in [0.15, 0.2) is 0 Å². The molecule has 0 aromatic heterocycles. The highest BCUT2D eigenvalue weighted by Gasteiger charge is 1.94. The van der Waals surface area contributed by atoms with Crippen molar-refractivity contribution in [3.05, 3.63) is 0 Å². The maximum atomic E-state index is 10.1. The quantitative estimate of drug-likeness (QED) is 0.303. The zero-order chi connectivity index (χ0) is 16.0. The first-order valence-electron chi connectivity index (χ1n) is 5.37. The normalized spacial score (nSPS) is 8.19. The molecule has 0 aliphatic rings. The van der Waals surface area contributed by atoms with Crippen LogP contribution in [0.25, 0.3) is 0 Å². The van der Waals surface area contributed by atoms with Gasteiger partial charge in [0.25, 0.3) is 0 Å². The Morgan fingerprint density at radius 3 is 1.05 bits per heavy atom. The SMILES string of the molecule is C.CC(=O)OCOC(C)=O.CC(=O)OCOCOC(C)=O. The van der Waals surface area contributed by atoms with Gasteiger partial charge in [-0.3, -0.25) is 19.2 Å². The number of carbonyl (C=O) groups is 4. The zero-order valence-electron chi connectivity index (χ0n) is 11.8. The molecule has 0 heterocycles. The van der Waals surface area contributed by atoms with Crippen molar-refractivity contribution in [3.8, 4) is 0 Å². The van der Waals surface area contributed by atoms with Gasteiger partial charge in [0.1, 0.15) is 0 Å². The number of rotatable bonds is 6. The van der Waals surface area contributed by atoms with E-state index in [0.717, 1.165) is 0 Å². The maximum Gasteiger partial charge on any atom is 0.305 e. The minimum atomic E-state index is -0.462. The van der Waals surface area contributed by atoms with E-state index in [1.165, 1.54) is 27.7 Å². The van der Waals surface area contributed by atoms with E-state index < -0.39 is 23.9 Å². The van der Waals surface area contributed by atoms with E-state index in [1.807, 2.05) is 0 Å². The first-order chi connectivity index (χ1) is 9.25. The second kappa shape index (κ2) is 15.9. The predicted molar refractivity (Wildman–Crippen MR) is 69.5 cm³/mol. The van der Waals surface area contributed by atoms with E-state index in [2.05, 4.69) is 23.7 Å². The second-order valence-corrected chi connectivity index (χ2v) is 3.10. The fraction of sp³-hybridized carbons (Fsp3) is 0.667. The fourth-order valence-electron chi connectivity index (χ4n) is 0.479. The highest BCUT2D eigenvalue weighted by molar-refractivity contribution is 5.67. The second-order valence-electron chi connectivity index (χ2n) is 3.10. The van der Waals surface area contributed by atoms with Gasteiger partial charge in [-0.15, -0.1) is 0 Å². The molecule has 0 aliphatic carbocycles. The first kappa shape index (κ1) is 23.9. The molecule has 0 spiro atoms. The zero-order valence-corrected chi connectivity index (χ0v) is 11.8. The van der Waals surface area contributed by atoms with Crippen LogP contribution in [0.5, 0.6) is 0 Å². The van der Waals surface area contributed by atoms with Crippen molar-refractivity contribution in [2.24, 2.45) is 0 Å². The van der Waals surface area contributed by atoms with E-state index >= 15 is 0 Å². The Kier molecular flexibility index (Phi) is 18.1. The van der Waals surface area contributed by atoms with Crippen LogP contribution in [-0.2, 0) is 42.9 Å². The van der Waals surface area contributed by atoms with E-state index in [9.17, 15) is 19.2 Å². The summed E-state index contributed by atoms with van der Waals surface area (Å²) in [5.74, 6) is -1.80. The Hall–Kier alpha value is -2.16. The van der Waals surface area contributed by atoms with Crippen molar-refractivity contribution in [1.82, 2.24) is 0 Å². The highest BCUT2D eigenvalue weighted by Crippen LogP contribution is 1.82. The van der Waals surface area contributed by atoms with E-state index in [0.29, 0.717) is 0 Å². The average Bonchev–Trinajstić information content (AvgIpc) is 2.27. The summed E-state index contributed by atoms with van der Waals surface area (Å²) in [7, 11) is 0. The molecule has 9 nitrogen and oxygen atoms in total. The number of ether oxygens (including phenoxy) is 5. The monoisotopic (exact) mass is 310 g/mol. The fourth-order valence-corrected chi connectivity index (χ4v) is 0.479. The van der Waals surface area contributed by atoms with Crippen LogP contribution in [0.3, 0.4) is 0 Å². The number of hydrogen-bond acceptors (Lipinski definition) is 9. The Morgan fingerprint density at radius 1 is 0.571 bits per heavy atom. The minimum Gasteiger partial charge on any atom is -0.439 e. The molecule has 0 bridgehead atoms. The standard InChI is InChI=1S/C6H10O5.C5H8O4.CH4/c1-5(7)10-3-9-4-11-6(2)8;1-4(6)8-3-9-5(2)7;/h3-4H2,1-2H3;3H2,1-2H3;1H4. The van der Waals surface area contributed by atoms with Crippen LogP contribution < -0.4 is 0 Å². The van der Waals surface area contributed by atoms with E-state index in [4.69, 9.17) is 0 Å². The summed E-state index contributed by atoms with van der Waals surface area (Å²) in [6.07, 6.45) is 0. The Balaban J connectivity index is -0.000000300. The first-order valence-corrected chi connectivity index (χ1v) is 5.37. The summed E-state index contributed by atoms with van der Waals surface area (Å²) >= 11 is 0. The van der Waals surface area contributed by atoms with Gasteiger partial charge in [-0.1, -0.05) is 7.43 Å². The average molecular weight is 310 g/mol. The number of esters is 4. The summed E-state index contributed by atoms with van der Waals surface area (Å²) in [6.45, 7) is 4.33. The van der Waals surface area contributed by atoms with Gasteiger partial charge < -0.3 is 23.7 Å². The largest absolute Gasteiger partial charge is 0.439 e. The molecule has 124 valence electrons. The van der Waals surface area contributed by atoms with Gasteiger partial charge in [0.2, 0.25) is 6.79 Å². The number of carbonyl (C=O) groups excluding carboxylic acids is 4. The Morgan fingerprint density at radius 2 is 0.810 bits per heavy atom. The molecule has 0 radical (unpaired) electrons. The predicted octanol–water partition coefficient (Wildman–Crippen LogP) is 0.750. The molecule has 0 saturated carbocycles. The van der Waals surface area contributed by atoms with Crippen molar-refractivity contribution < 1.29 is 42.9 Å². The van der Waals surface area contributed by atoms with Gasteiger partial charge in [0, 0.05) is 27.7 Å². The van der Waals surface area contributed by atoms with E-state index in [1.54, 1.807) is 0 Å². The van der Waals surface area contributed by atoms with Crippen LogP contribution in [0.4, 0.5) is 0 Å². The van der Waals surface area contributed by atoms with Crippen molar-refractivity contribution >= 4 is 23.9 Å². The molecule has 0 amide bonds. The van der Waals surface area contributed by atoms with Crippen LogP contribution in [0.1, 0.15) is 35.1 Å². The molecular formula is C12H22O9. The van der Waals surface area contributed by atoms with Crippen molar-refractivity contribution in [2.75, 3.05) is 20.4 Å². The summed E-state index contributed by atoms with van der Waals surface area (Å²) in [6, 6.07) is 0. The Labute approximate surface area is 123 Å². The molecule has 0 unspecified atom stereocenters. The van der Waals surface area contributed by atoms with Crippen molar-refractivity contribution in [2.45, 2.75) is 35.1 Å². The third kappa shape index (κ3) is 31.9. The van der Waals surface area contributed by atoms with Gasteiger partial charge in [-0.25, -0.2) is 0 Å². The molecule has 0 aliphatic heterocycles. The minimum absolute atomic E-state index is 0. The molecule has 9 heteroatoms. The molecule has 0 atom stereocenters. The summed E-state index contributed by atoms with van der Waals surface area (Å²) in [5.41, 5.74) is 0. The van der Waals surface area contributed by atoms with Crippen LogP contribution in [0, 0.1) is 0 Å². The summed E-state index contributed by atoms with van der Waals surface area (Å²) in [4.78, 5) is 40.3. The lowest BCUT2D eigenvalue weighted by molar-refractivity contribution is -0.173. The van der Waals surface area contributed by atoms with Gasteiger partial charge >= 0.3 is 23.9 Å².